The molecule has 0 bridgehead atoms. The Hall–Kier alpha value is -3.33. The highest BCUT2D eigenvalue weighted by Gasteiger charge is 2.30. The van der Waals surface area contributed by atoms with Crippen molar-refractivity contribution in [3.8, 4) is 0 Å². The topological polar surface area (TPSA) is 66.5 Å². The summed E-state index contributed by atoms with van der Waals surface area (Å²) in [6.07, 6.45) is -4.49. The molecule has 1 amide bonds. The zero-order valence-electron chi connectivity index (χ0n) is 16.4. The fraction of sp³-hybridized carbons (Fsp3) is 0.136. The number of nitrogens with zero attached hydrogens (tertiary/aromatic N) is 1. The standard InChI is InChI=1S/C22H19F3N2O3S/c1-16-6-5-7-19(14-16)27(31(29,30)20-8-3-2-4-9-20)15-21(28)26-18-12-10-17(11-13-18)22(23,24)25/h2-14H,15H2,1H3,(H,26,28). The quantitative estimate of drug-likeness (QED) is 0.586. The van der Waals surface area contributed by atoms with Crippen molar-refractivity contribution in [2.75, 3.05) is 16.2 Å². The summed E-state index contributed by atoms with van der Waals surface area (Å²) in [5, 5.41) is 2.45. The fourth-order valence-electron chi connectivity index (χ4n) is 2.89. The van der Waals surface area contributed by atoms with Gasteiger partial charge in [-0.1, -0.05) is 30.3 Å². The van der Waals surface area contributed by atoms with Gasteiger partial charge in [0.15, 0.2) is 0 Å². The van der Waals surface area contributed by atoms with Gasteiger partial charge in [0.05, 0.1) is 16.1 Å². The summed E-state index contributed by atoms with van der Waals surface area (Å²) in [4.78, 5) is 12.6. The number of alkyl halides is 3. The van der Waals surface area contributed by atoms with Gasteiger partial charge in [0, 0.05) is 5.69 Å². The molecule has 0 saturated carbocycles. The number of nitrogens with one attached hydrogen (secondary N) is 1. The first-order valence-electron chi connectivity index (χ1n) is 9.19. The van der Waals surface area contributed by atoms with Crippen LogP contribution < -0.4 is 9.62 Å². The molecule has 3 aromatic rings. The second-order valence-electron chi connectivity index (χ2n) is 6.79. The lowest BCUT2D eigenvalue weighted by Crippen LogP contribution is -2.38. The van der Waals surface area contributed by atoms with Gasteiger partial charge >= 0.3 is 6.18 Å². The maximum absolute atomic E-state index is 13.2. The number of amides is 1. The molecule has 0 aliphatic rings. The number of carbonyl (C=O) groups excluding carboxylic acids is 1. The Balaban J connectivity index is 1.87. The zero-order valence-corrected chi connectivity index (χ0v) is 17.2. The Morgan fingerprint density at radius 3 is 2.16 bits per heavy atom. The molecular formula is C22H19F3N2O3S. The summed E-state index contributed by atoms with van der Waals surface area (Å²) < 4.78 is 65.5. The molecule has 0 heterocycles. The van der Waals surface area contributed by atoms with Crippen LogP contribution >= 0.6 is 0 Å². The highest BCUT2D eigenvalue weighted by Crippen LogP contribution is 2.30. The van der Waals surface area contributed by atoms with Gasteiger partial charge in [-0.05, 0) is 61.0 Å². The first-order chi connectivity index (χ1) is 14.6. The predicted molar refractivity (Wildman–Crippen MR) is 112 cm³/mol. The summed E-state index contributed by atoms with van der Waals surface area (Å²) in [5.41, 5.74) is 0.373. The number of hydrogen-bond acceptors (Lipinski definition) is 3. The van der Waals surface area contributed by atoms with Gasteiger partial charge in [0.2, 0.25) is 5.91 Å². The fourth-order valence-corrected chi connectivity index (χ4v) is 4.33. The van der Waals surface area contributed by atoms with E-state index in [1.54, 1.807) is 49.4 Å². The highest BCUT2D eigenvalue weighted by molar-refractivity contribution is 7.92. The van der Waals surface area contributed by atoms with Crippen LogP contribution in [0.2, 0.25) is 0 Å². The van der Waals surface area contributed by atoms with E-state index in [2.05, 4.69) is 5.32 Å². The molecule has 9 heteroatoms. The molecule has 0 aromatic heterocycles. The minimum Gasteiger partial charge on any atom is -0.325 e. The van der Waals surface area contributed by atoms with Crippen LogP contribution in [0.1, 0.15) is 11.1 Å². The van der Waals surface area contributed by atoms with Crippen LogP contribution in [0.25, 0.3) is 0 Å². The third-order valence-electron chi connectivity index (χ3n) is 4.40. The van der Waals surface area contributed by atoms with Crippen molar-refractivity contribution in [2.24, 2.45) is 0 Å². The van der Waals surface area contributed by atoms with Crippen LogP contribution in [0.5, 0.6) is 0 Å². The third-order valence-corrected chi connectivity index (χ3v) is 6.19. The van der Waals surface area contributed by atoms with E-state index in [-0.39, 0.29) is 10.6 Å². The minimum atomic E-state index is -4.49. The molecule has 0 unspecified atom stereocenters. The maximum Gasteiger partial charge on any atom is 0.416 e. The summed E-state index contributed by atoms with van der Waals surface area (Å²) in [7, 11) is -4.06. The smallest absolute Gasteiger partial charge is 0.325 e. The van der Waals surface area contributed by atoms with Gasteiger partial charge in [0.25, 0.3) is 10.0 Å². The van der Waals surface area contributed by atoms with Gasteiger partial charge in [-0.3, -0.25) is 9.10 Å². The van der Waals surface area contributed by atoms with Crippen LogP contribution in [0.3, 0.4) is 0 Å². The first-order valence-corrected chi connectivity index (χ1v) is 10.6. The molecule has 1 N–H and O–H groups in total. The molecule has 3 rings (SSSR count). The molecule has 3 aromatic carbocycles. The van der Waals surface area contributed by atoms with Crippen LogP contribution in [-0.2, 0) is 21.0 Å². The molecule has 0 aliphatic heterocycles. The number of sulfonamides is 1. The first kappa shape index (κ1) is 22.4. The van der Waals surface area contributed by atoms with E-state index < -0.39 is 34.2 Å². The van der Waals surface area contributed by atoms with E-state index in [1.807, 2.05) is 0 Å². The van der Waals surface area contributed by atoms with Crippen molar-refractivity contribution in [1.29, 1.82) is 0 Å². The second-order valence-corrected chi connectivity index (χ2v) is 8.65. The maximum atomic E-state index is 13.2. The van der Waals surface area contributed by atoms with Crippen LogP contribution in [0.4, 0.5) is 24.5 Å². The number of halogens is 3. The lowest BCUT2D eigenvalue weighted by molar-refractivity contribution is -0.137. The summed E-state index contributed by atoms with van der Waals surface area (Å²) in [6, 6.07) is 18.2. The van der Waals surface area contributed by atoms with Gasteiger partial charge in [-0.2, -0.15) is 13.2 Å². The van der Waals surface area contributed by atoms with Crippen molar-refractivity contribution in [3.63, 3.8) is 0 Å². The van der Waals surface area contributed by atoms with Gasteiger partial charge in [-0.25, -0.2) is 8.42 Å². The van der Waals surface area contributed by atoms with Crippen molar-refractivity contribution < 1.29 is 26.4 Å². The number of anilines is 2. The molecule has 0 aliphatic carbocycles. The molecule has 162 valence electrons. The number of hydrogen-bond donors (Lipinski definition) is 1. The Bertz CT molecular complexity index is 1160. The van der Waals surface area contributed by atoms with Crippen molar-refractivity contribution in [2.45, 2.75) is 18.0 Å². The molecular weight excluding hydrogens is 429 g/mol. The molecule has 0 spiro atoms. The van der Waals surface area contributed by atoms with Crippen molar-refractivity contribution in [1.82, 2.24) is 0 Å². The SMILES string of the molecule is Cc1cccc(N(CC(=O)Nc2ccc(C(F)(F)F)cc2)S(=O)(=O)c2ccccc2)c1. The van der Waals surface area contributed by atoms with E-state index in [4.69, 9.17) is 0 Å². The molecule has 0 radical (unpaired) electrons. The van der Waals surface area contributed by atoms with Crippen LogP contribution in [0, 0.1) is 6.92 Å². The van der Waals surface area contributed by atoms with Crippen LogP contribution in [-0.4, -0.2) is 20.9 Å². The lowest BCUT2D eigenvalue weighted by atomic mass is 10.2. The highest BCUT2D eigenvalue weighted by atomic mass is 32.2. The van der Waals surface area contributed by atoms with Gasteiger partial charge in [0.1, 0.15) is 6.54 Å². The predicted octanol–water partition coefficient (Wildman–Crippen LogP) is 4.85. The van der Waals surface area contributed by atoms with E-state index in [0.29, 0.717) is 5.69 Å². The Morgan fingerprint density at radius 1 is 0.935 bits per heavy atom. The van der Waals surface area contributed by atoms with E-state index in [9.17, 15) is 26.4 Å². The van der Waals surface area contributed by atoms with Crippen LogP contribution in [0.15, 0.2) is 83.8 Å². The Labute approximate surface area is 178 Å². The van der Waals surface area contributed by atoms with Crippen molar-refractivity contribution in [3.05, 3.63) is 90.0 Å². The largest absolute Gasteiger partial charge is 0.416 e. The Kier molecular flexibility index (Phi) is 6.35. The molecule has 0 saturated heterocycles. The molecule has 0 fully saturated rings. The van der Waals surface area contributed by atoms with Gasteiger partial charge < -0.3 is 5.32 Å². The number of rotatable bonds is 6. The second kappa shape index (κ2) is 8.81. The molecule has 0 atom stereocenters. The molecule has 31 heavy (non-hydrogen) atoms. The lowest BCUT2D eigenvalue weighted by Gasteiger charge is -2.24. The monoisotopic (exact) mass is 448 g/mol. The summed E-state index contributed by atoms with van der Waals surface area (Å²) >= 11 is 0. The third kappa shape index (κ3) is 5.43. The number of carbonyl (C=O) groups is 1. The van der Waals surface area contributed by atoms with Gasteiger partial charge in [-0.15, -0.1) is 0 Å². The van der Waals surface area contributed by atoms with E-state index >= 15 is 0 Å². The number of benzene rings is 3. The van der Waals surface area contributed by atoms with E-state index in [0.717, 1.165) is 34.1 Å². The van der Waals surface area contributed by atoms with E-state index in [1.165, 1.54) is 12.1 Å². The number of aryl methyl sites for hydroxylation is 1. The average Bonchev–Trinajstić information content (AvgIpc) is 2.72. The summed E-state index contributed by atoms with van der Waals surface area (Å²) in [5.74, 6) is -0.694. The molecule has 5 nitrogen and oxygen atoms in total. The van der Waals surface area contributed by atoms with Crippen molar-refractivity contribution >= 4 is 27.3 Å². The zero-order chi connectivity index (χ0) is 22.6. The average molecular weight is 448 g/mol. The minimum absolute atomic E-state index is 0.0128. The summed E-state index contributed by atoms with van der Waals surface area (Å²) in [6.45, 7) is 1.24. The Morgan fingerprint density at radius 2 is 1.58 bits per heavy atom. The normalized spacial score (nSPS) is 11.7.